The lowest BCUT2D eigenvalue weighted by molar-refractivity contribution is 0.101. The summed E-state index contributed by atoms with van der Waals surface area (Å²) in [5.41, 5.74) is 0.699. The molecule has 0 aliphatic rings. The predicted molar refractivity (Wildman–Crippen MR) is 69.7 cm³/mol. The molecule has 0 atom stereocenters. The zero-order chi connectivity index (χ0) is 12.7. The number of Topliss-reactive ketones (excluding diaryl/α,β-unsaturated/α-hetero) is 1. The molecule has 17 heavy (non-hydrogen) atoms. The summed E-state index contributed by atoms with van der Waals surface area (Å²) in [6.45, 7) is 9.48. The van der Waals surface area contributed by atoms with Gasteiger partial charge in [-0.25, -0.2) is 0 Å². The Morgan fingerprint density at radius 3 is 2.59 bits per heavy atom. The van der Waals surface area contributed by atoms with Gasteiger partial charge in [-0.15, -0.1) is 0 Å². The van der Waals surface area contributed by atoms with E-state index in [-0.39, 0.29) is 5.78 Å². The van der Waals surface area contributed by atoms with Gasteiger partial charge < -0.3 is 9.64 Å². The molecule has 0 aromatic heterocycles. The summed E-state index contributed by atoms with van der Waals surface area (Å²) >= 11 is 0. The number of hydrogen-bond acceptors (Lipinski definition) is 3. The van der Waals surface area contributed by atoms with E-state index < -0.39 is 0 Å². The molecule has 1 aromatic carbocycles. The predicted octanol–water partition coefficient (Wildman–Crippen LogP) is 2.61. The highest BCUT2D eigenvalue weighted by molar-refractivity contribution is 5.94. The lowest BCUT2D eigenvalue weighted by Crippen LogP contribution is -2.27. The van der Waals surface area contributed by atoms with Crippen molar-refractivity contribution in [2.24, 2.45) is 0 Å². The summed E-state index contributed by atoms with van der Waals surface area (Å²) in [5.74, 6) is 0.837. The Kier molecular flexibility index (Phi) is 5.70. The van der Waals surface area contributed by atoms with Gasteiger partial charge in [0.1, 0.15) is 12.4 Å². The summed E-state index contributed by atoms with van der Waals surface area (Å²) in [6.07, 6.45) is 0. The van der Waals surface area contributed by atoms with E-state index in [0.29, 0.717) is 12.2 Å². The first-order valence-electron chi connectivity index (χ1n) is 6.13. The van der Waals surface area contributed by atoms with Gasteiger partial charge in [0.25, 0.3) is 0 Å². The van der Waals surface area contributed by atoms with E-state index in [2.05, 4.69) is 18.7 Å². The van der Waals surface area contributed by atoms with Gasteiger partial charge in [-0.3, -0.25) is 4.79 Å². The van der Waals surface area contributed by atoms with Gasteiger partial charge in [0.2, 0.25) is 0 Å². The minimum absolute atomic E-state index is 0.0687. The van der Waals surface area contributed by atoms with Crippen LogP contribution >= 0.6 is 0 Å². The lowest BCUT2D eigenvalue weighted by atomic mass is 10.1. The molecule has 0 amide bonds. The van der Waals surface area contributed by atoms with Gasteiger partial charge in [0.05, 0.1) is 0 Å². The molecule has 0 unspecified atom stereocenters. The van der Waals surface area contributed by atoms with Crippen LogP contribution in [0.4, 0.5) is 0 Å². The number of likely N-dealkylation sites (N-methyl/N-ethyl adjacent to an activating group) is 1. The van der Waals surface area contributed by atoms with Gasteiger partial charge in [-0.2, -0.15) is 0 Å². The summed E-state index contributed by atoms with van der Waals surface area (Å²) < 4.78 is 5.64. The highest BCUT2D eigenvalue weighted by Crippen LogP contribution is 2.13. The van der Waals surface area contributed by atoms with E-state index >= 15 is 0 Å². The molecule has 3 heteroatoms. The monoisotopic (exact) mass is 235 g/mol. The first-order chi connectivity index (χ1) is 8.17. The van der Waals surface area contributed by atoms with Crippen LogP contribution in [-0.4, -0.2) is 36.9 Å². The number of nitrogens with zero attached hydrogens (tertiary/aromatic N) is 1. The third-order valence-corrected chi connectivity index (χ3v) is 2.81. The van der Waals surface area contributed by atoms with Gasteiger partial charge in [0, 0.05) is 12.1 Å². The zero-order valence-corrected chi connectivity index (χ0v) is 10.9. The average Bonchev–Trinajstić information content (AvgIpc) is 2.35. The number of ketones is 1. The third kappa shape index (κ3) is 4.57. The van der Waals surface area contributed by atoms with E-state index in [1.54, 1.807) is 19.1 Å². The van der Waals surface area contributed by atoms with Gasteiger partial charge in [0.15, 0.2) is 5.78 Å². The molecule has 0 saturated heterocycles. The maximum atomic E-state index is 11.2. The Labute approximate surface area is 103 Å². The van der Waals surface area contributed by atoms with Crippen LogP contribution in [0.3, 0.4) is 0 Å². The van der Waals surface area contributed by atoms with Crippen molar-refractivity contribution in [2.45, 2.75) is 20.8 Å². The standard InChI is InChI=1S/C14H21NO2/c1-4-15(5-2)9-10-17-14-8-6-7-13(11-14)12(3)16/h6-8,11H,4-5,9-10H2,1-3H3. The number of benzene rings is 1. The largest absolute Gasteiger partial charge is 0.492 e. The number of carbonyl (C=O) groups is 1. The Morgan fingerprint density at radius 2 is 2.00 bits per heavy atom. The molecule has 0 saturated carbocycles. The maximum absolute atomic E-state index is 11.2. The molecule has 3 nitrogen and oxygen atoms in total. The summed E-state index contributed by atoms with van der Waals surface area (Å²) in [4.78, 5) is 13.5. The Bertz CT molecular complexity index is 359. The molecular weight excluding hydrogens is 214 g/mol. The Morgan fingerprint density at radius 1 is 1.29 bits per heavy atom. The Hall–Kier alpha value is -1.35. The summed E-state index contributed by atoms with van der Waals surface area (Å²) in [7, 11) is 0. The topological polar surface area (TPSA) is 29.5 Å². The van der Waals surface area contributed by atoms with Crippen LogP contribution in [-0.2, 0) is 0 Å². The molecule has 1 rings (SSSR count). The number of carbonyl (C=O) groups excluding carboxylic acids is 1. The number of rotatable bonds is 7. The summed E-state index contributed by atoms with van der Waals surface area (Å²) in [5, 5.41) is 0. The average molecular weight is 235 g/mol. The molecule has 1 aromatic rings. The number of ether oxygens (including phenoxy) is 1. The van der Waals surface area contributed by atoms with Crippen LogP contribution in [0.15, 0.2) is 24.3 Å². The van der Waals surface area contributed by atoms with Gasteiger partial charge in [-0.05, 0) is 32.1 Å². The molecule has 0 heterocycles. The van der Waals surface area contributed by atoms with E-state index in [1.165, 1.54) is 0 Å². The van der Waals surface area contributed by atoms with Crippen LogP contribution in [0.25, 0.3) is 0 Å². The lowest BCUT2D eigenvalue weighted by Gasteiger charge is -2.18. The van der Waals surface area contributed by atoms with Crippen molar-refractivity contribution < 1.29 is 9.53 Å². The molecule has 0 aliphatic heterocycles. The van der Waals surface area contributed by atoms with Crippen molar-refractivity contribution in [3.8, 4) is 5.75 Å². The normalized spacial score (nSPS) is 10.6. The fraction of sp³-hybridized carbons (Fsp3) is 0.500. The fourth-order valence-electron chi connectivity index (χ4n) is 1.64. The maximum Gasteiger partial charge on any atom is 0.159 e. The molecule has 0 N–H and O–H groups in total. The number of hydrogen-bond donors (Lipinski definition) is 0. The van der Waals surface area contributed by atoms with Crippen molar-refractivity contribution in [1.82, 2.24) is 4.90 Å². The minimum atomic E-state index is 0.0687. The minimum Gasteiger partial charge on any atom is -0.492 e. The van der Waals surface area contributed by atoms with Gasteiger partial charge in [-0.1, -0.05) is 26.0 Å². The Balaban J connectivity index is 2.46. The van der Waals surface area contributed by atoms with Crippen LogP contribution in [0, 0.1) is 0 Å². The van der Waals surface area contributed by atoms with E-state index in [4.69, 9.17) is 4.74 Å². The van der Waals surface area contributed by atoms with Crippen molar-refractivity contribution in [3.63, 3.8) is 0 Å². The molecule has 0 fully saturated rings. The molecule has 0 radical (unpaired) electrons. The highest BCUT2D eigenvalue weighted by Gasteiger charge is 2.02. The molecule has 0 aliphatic carbocycles. The second-order valence-electron chi connectivity index (χ2n) is 3.96. The van der Waals surface area contributed by atoms with Crippen molar-refractivity contribution in [3.05, 3.63) is 29.8 Å². The van der Waals surface area contributed by atoms with Crippen molar-refractivity contribution in [2.75, 3.05) is 26.2 Å². The molecule has 94 valence electrons. The van der Waals surface area contributed by atoms with Crippen molar-refractivity contribution in [1.29, 1.82) is 0 Å². The highest BCUT2D eigenvalue weighted by atomic mass is 16.5. The molecular formula is C14H21NO2. The van der Waals surface area contributed by atoms with Crippen LogP contribution in [0.5, 0.6) is 5.75 Å². The van der Waals surface area contributed by atoms with E-state index in [9.17, 15) is 4.79 Å². The van der Waals surface area contributed by atoms with Gasteiger partial charge >= 0.3 is 0 Å². The fourth-order valence-corrected chi connectivity index (χ4v) is 1.64. The first-order valence-corrected chi connectivity index (χ1v) is 6.13. The van der Waals surface area contributed by atoms with Crippen LogP contribution < -0.4 is 4.74 Å². The molecule has 0 spiro atoms. The van der Waals surface area contributed by atoms with Crippen LogP contribution in [0.1, 0.15) is 31.1 Å². The summed E-state index contributed by atoms with van der Waals surface area (Å²) in [6, 6.07) is 7.34. The molecule has 0 bridgehead atoms. The van der Waals surface area contributed by atoms with E-state index in [1.807, 2.05) is 12.1 Å². The van der Waals surface area contributed by atoms with Crippen LogP contribution in [0.2, 0.25) is 0 Å². The second kappa shape index (κ2) is 7.07. The zero-order valence-electron chi connectivity index (χ0n) is 10.9. The second-order valence-corrected chi connectivity index (χ2v) is 3.96. The third-order valence-electron chi connectivity index (χ3n) is 2.81. The van der Waals surface area contributed by atoms with E-state index in [0.717, 1.165) is 25.4 Å². The smallest absolute Gasteiger partial charge is 0.159 e. The SMILES string of the molecule is CCN(CC)CCOc1cccc(C(C)=O)c1. The van der Waals surface area contributed by atoms with Crippen molar-refractivity contribution >= 4 is 5.78 Å². The first kappa shape index (κ1) is 13.7. The quantitative estimate of drug-likeness (QED) is 0.680.